The zero-order valence-corrected chi connectivity index (χ0v) is 9.17. The number of aliphatic carboxylic acids is 1. The van der Waals surface area contributed by atoms with E-state index in [-0.39, 0.29) is 5.41 Å². The third kappa shape index (κ3) is 3.77. The highest BCUT2D eigenvalue weighted by atomic mass is 16.4. The molecular formula is C10H18N2O3. The minimum absolute atomic E-state index is 0.238. The van der Waals surface area contributed by atoms with E-state index >= 15 is 0 Å². The van der Waals surface area contributed by atoms with Crippen LogP contribution < -0.4 is 10.6 Å². The molecule has 1 fully saturated rings. The van der Waals surface area contributed by atoms with E-state index in [0.29, 0.717) is 13.0 Å². The fourth-order valence-electron chi connectivity index (χ4n) is 1.23. The molecule has 5 heteroatoms. The molecule has 15 heavy (non-hydrogen) atoms. The van der Waals surface area contributed by atoms with Crippen molar-refractivity contribution in [2.45, 2.75) is 39.2 Å². The molecule has 3 N–H and O–H groups in total. The molecular weight excluding hydrogens is 196 g/mol. The average molecular weight is 214 g/mol. The van der Waals surface area contributed by atoms with E-state index in [4.69, 9.17) is 5.11 Å². The highest BCUT2D eigenvalue weighted by Crippen LogP contribution is 2.43. The Hall–Kier alpha value is -1.26. The third-order valence-corrected chi connectivity index (χ3v) is 2.79. The van der Waals surface area contributed by atoms with Gasteiger partial charge < -0.3 is 15.7 Å². The zero-order valence-electron chi connectivity index (χ0n) is 9.17. The Bertz CT molecular complexity index is 261. The van der Waals surface area contributed by atoms with E-state index in [9.17, 15) is 9.59 Å². The first kappa shape index (κ1) is 11.8. The molecule has 0 spiro atoms. The van der Waals surface area contributed by atoms with Crippen molar-refractivity contribution < 1.29 is 14.7 Å². The van der Waals surface area contributed by atoms with Gasteiger partial charge in [-0.25, -0.2) is 9.59 Å². The zero-order chi connectivity index (χ0) is 11.5. The van der Waals surface area contributed by atoms with Crippen LogP contribution in [0.25, 0.3) is 0 Å². The van der Waals surface area contributed by atoms with Crippen LogP contribution in [0.3, 0.4) is 0 Å². The summed E-state index contributed by atoms with van der Waals surface area (Å²) in [7, 11) is 0. The van der Waals surface area contributed by atoms with E-state index < -0.39 is 18.0 Å². The second-order valence-electron chi connectivity index (χ2n) is 4.44. The molecule has 1 aliphatic carbocycles. The van der Waals surface area contributed by atoms with Gasteiger partial charge >= 0.3 is 12.0 Å². The molecule has 2 amide bonds. The minimum Gasteiger partial charge on any atom is -0.480 e. The summed E-state index contributed by atoms with van der Waals surface area (Å²) in [5, 5.41) is 13.8. The van der Waals surface area contributed by atoms with Crippen molar-refractivity contribution >= 4 is 12.0 Å². The second kappa shape index (κ2) is 4.51. The predicted molar refractivity (Wildman–Crippen MR) is 55.6 cm³/mol. The Labute approximate surface area is 89.2 Å². The number of carbonyl (C=O) groups is 2. The lowest BCUT2D eigenvalue weighted by atomic mass is 10.1. The van der Waals surface area contributed by atoms with Crippen molar-refractivity contribution in [1.82, 2.24) is 10.6 Å². The molecule has 0 aromatic carbocycles. The summed E-state index contributed by atoms with van der Waals surface area (Å²) in [4.78, 5) is 21.9. The van der Waals surface area contributed by atoms with Crippen LogP contribution in [-0.4, -0.2) is 29.7 Å². The largest absolute Gasteiger partial charge is 0.480 e. The number of rotatable bonds is 5. The van der Waals surface area contributed by atoms with Crippen LogP contribution in [0.5, 0.6) is 0 Å². The van der Waals surface area contributed by atoms with Crippen LogP contribution in [0.15, 0.2) is 0 Å². The number of carbonyl (C=O) groups excluding carboxylic acids is 1. The summed E-state index contributed by atoms with van der Waals surface area (Å²) in [5.74, 6) is -0.995. The van der Waals surface area contributed by atoms with Gasteiger partial charge in [0.05, 0.1) is 0 Å². The van der Waals surface area contributed by atoms with Gasteiger partial charge in [0.15, 0.2) is 0 Å². The van der Waals surface area contributed by atoms with Crippen molar-refractivity contribution in [2.24, 2.45) is 5.41 Å². The van der Waals surface area contributed by atoms with E-state index in [1.54, 1.807) is 6.92 Å². The van der Waals surface area contributed by atoms with E-state index in [1.807, 2.05) is 0 Å². The molecule has 0 aliphatic heterocycles. The summed E-state index contributed by atoms with van der Waals surface area (Å²) < 4.78 is 0. The van der Waals surface area contributed by atoms with Gasteiger partial charge in [-0.05, 0) is 24.7 Å². The van der Waals surface area contributed by atoms with E-state index in [0.717, 1.165) is 12.8 Å². The van der Waals surface area contributed by atoms with Crippen molar-refractivity contribution in [2.75, 3.05) is 6.54 Å². The van der Waals surface area contributed by atoms with Gasteiger partial charge in [-0.3, -0.25) is 0 Å². The highest BCUT2D eigenvalue weighted by molar-refractivity contribution is 5.82. The Kier molecular flexibility index (Phi) is 3.55. The summed E-state index contributed by atoms with van der Waals surface area (Å²) in [6.45, 7) is 4.44. The molecule has 1 atom stereocenters. The topological polar surface area (TPSA) is 78.4 Å². The normalized spacial score (nSPS) is 19.1. The number of amides is 2. The first-order chi connectivity index (χ1) is 6.97. The number of carboxylic acids is 1. The molecule has 1 aliphatic rings. The predicted octanol–water partition coefficient (Wildman–Crippen LogP) is 0.949. The molecule has 0 aromatic rings. The smallest absolute Gasteiger partial charge is 0.326 e. The monoisotopic (exact) mass is 214 g/mol. The van der Waals surface area contributed by atoms with Crippen molar-refractivity contribution in [3.05, 3.63) is 0 Å². The van der Waals surface area contributed by atoms with Gasteiger partial charge in [0.1, 0.15) is 6.04 Å². The van der Waals surface area contributed by atoms with Gasteiger partial charge in [-0.2, -0.15) is 0 Å². The lowest BCUT2D eigenvalue weighted by Crippen LogP contribution is -2.46. The average Bonchev–Trinajstić information content (AvgIpc) is 2.90. The quantitative estimate of drug-likeness (QED) is 0.637. The van der Waals surface area contributed by atoms with Crippen molar-refractivity contribution in [1.29, 1.82) is 0 Å². The number of nitrogens with one attached hydrogen (secondary N) is 2. The Balaban J connectivity index is 2.25. The van der Waals surface area contributed by atoms with Crippen molar-refractivity contribution in [3.8, 4) is 0 Å². The highest BCUT2D eigenvalue weighted by Gasteiger charge is 2.37. The maximum Gasteiger partial charge on any atom is 0.326 e. The standard InChI is InChI=1S/C10H18N2O3/c1-3-7(8(13)14)12-9(15)11-6-10(2)4-5-10/h7H,3-6H2,1-2H3,(H,13,14)(H2,11,12,15)/t7-/m1/s1. The fraction of sp³-hybridized carbons (Fsp3) is 0.800. The first-order valence-corrected chi connectivity index (χ1v) is 5.24. The first-order valence-electron chi connectivity index (χ1n) is 5.24. The van der Waals surface area contributed by atoms with Gasteiger partial charge in [0, 0.05) is 6.54 Å². The van der Waals surface area contributed by atoms with Crippen LogP contribution in [-0.2, 0) is 4.79 Å². The molecule has 5 nitrogen and oxygen atoms in total. The fourth-order valence-corrected chi connectivity index (χ4v) is 1.23. The van der Waals surface area contributed by atoms with Gasteiger partial charge in [0.25, 0.3) is 0 Å². The molecule has 0 heterocycles. The Morgan fingerprint density at radius 2 is 2.07 bits per heavy atom. The Morgan fingerprint density at radius 3 is 2.47 bits per heavy atom. The SMILES string of the molecule is CC[C@@H](NC(=O)NCC1(C)CC1)C(=O)O. The van der Waals surface area contributed by atoms with Crippen molar-refractivity contribution in [3.63, 3.8) is 0 Å². The van der Waals surface area contributed by atoms with Gasteiger partial charge in [-0.15, -0.1) is 0 Å². The summed E-state index contributed by atoms with van der Waals surface area (Å²) in [6, 6.07) is -1.19. The lowest BCUT2D eigenvalue weighted by Gasteiger charge is -2.15. The lowest BCUT2D eigenvalue weighted by molar-refractivity contribution is -0.139. The molecule has 0 saturated heterocycles. The summed E-state index contributed by atoms with van der Waals surface area (Å²) >= 11 is 0. The molecule has 1 rings (SSSR count). The van der Waals surface area contributed by atoms with Crippen LogP contribution in [0, 0.1) is 5.41 Å². The Morgan fingerprint density at radius 1 is 1.47 bits per heavy atom. The maximum absolute atomic E-state index is 11.3. The third-order valence-electron chi connectivity index (χ3n) is 2.79. The summed E-state index contributed by atoms with van der Waals surface area (Å²) in [6.07, 6.45) is 2.65. The molecule has 1 saturated carbocycles. The van der Waals surface area contributed by atoms with Crippen LogP contribution in [0.1, 0.15) is 33.1 Å². The number of hydrogen-bond donors (Lipinski definition) is 3. The summed E-state index contributed by atoms with van der Waals surface area (Å²) in [5.41, 5.74) is 0.238. The van der Waals surface area contributed by atoms with Gasteiger partial charge in [0.2, 0.25) is 0 Å². The van der Waals surface area contributed by atoms with E-state index in [1.165, 1.54) is 0 Å². The van der Waals surface area contributed by atoms with Gasteiger partial charge in [-0.1, -0.05) is 13.8 Å². The van der Waals surface area contributed by atoms with Crippen LogP contribution >= 0.6 is 0 Å². The molecule has 0 bridgehead atoms. The minimum atomic E-state index is -0.995. The van der Waals surface area contributed by atoms with E-state index in [2.05, 4.69) is 17.6 Å². The molecule has 86 valence electrons. The number of hydrogen-bond acceptors (Lipinski definition) is 2. The second-order valence-corrected chi connectivity index (χ2v) is 4.44. The van der Waals surface area contributed by atoms with Crippen LogP contribution in [0.4, 0.5) is 4.79 Å². The number of urea groups is 1. The molecule has 0 radical (unpaired) electrons. The van der Waals surface area contributed by atoms with Crippen LogP contribution in [0.2, 0.25) is 0 Å². The molecule has 0 unspecified atom stereocenters. The number of carboxylic acid groups (broad SMARTS) is 1. The maximum atomic E-state index is 11.3. The molecule has 0 aromatic heterocycles.